The van der Waals surface area contributed by atoms with Crippen molar-refractivity contribution >= 4 is 49.5 Å². The van der Waals surface area contributed by atoms with Gasteiger partial charge in [0.2, 0.25) is 0 Å². The third kappa shape index (κ3) is 4.03. The first-order valence-electron chi connectivity index (χ1n) is 16.4. The number of rotatable bonds is 3. The topological polar surface area (TPSA) is 0 Å². The number of allylic oxidation sites excluding steroid dienone is 10. The molecule has 0 N–H and O–H groups in total. The number of hydrogen-bond donors (Lipinski definition) is 0. The third-order valence-corrected chi connectivity index (χ3v) is 28.2. The molecule has 0 aromatic heterocycles. The van der Waals surface area contributed by atoms with Crippen molar-refractivity contribution in [2.75, 3.05) is 0 Å². The van der Waals surface area contributed by atoms with Crippen LogP contribution in [0.2, 0.25) is 8.15 Å². The molecule has 2 aromatic rings. The molecule has 0 spiro atoms. The Hall–Kier alpha value is -1.24. The normalized spacial score (nSPS) is 31.0. The summed E-state index contributed by atoms with van der Waals surface area (Å²) in [4.78, 5) is 0. The molecule has 0 aliphatic heterocycles. The van der Waals surface area contributed by atoms with Crippen molar-refractivity contribution < 1.29 is 19.8 Å². The molecule has 0 nitrogen and oxygen atoms in total. The summed E-state index contributed by atoms with van der Waals surface area (Å²) in [6.45, 7) is 21.1. The molecule has 1 saturated carbocycles. The average Bonchev–Trinajstić information content (AvgIpc) is 3.65. The first-order valence-corrected chi connectivity index (χ1v) is 22.2. The van der Waals surface area contributed by atoms with E-state index in [2.05, 4.69) is 134 Å². The van der Waals surface area contributed by atoms with Crippen LogP contribution in [0.25, 0.3) is 5.57 Å². The maximum absolute atomic E-state index is 6.57. The molecule has 5 aliphatic carbocycles. The van der Waals surface area contributed by atoms with E-state index in [9.17, 15) is 0 Å². The van der Waals surface area contributed by atoms with E-state index in [1.165, 1.54) is 20.8 Å². The first-order chi connectivity index (χ1) is 20.2. The molecule has 4 unspecified atom stereocenters. The number of fused-ring (bicyclic) bond motifs is 6. The van der Waals surface area contributed by atoms with Crippen LogP contribution in [0.4, 0.5) is 0 Å². The molecule has 7 rings (SSSR count). The molecule has 239 valence electrons. The van der Waals surface area contributed by atoms with Crippen LogP contribution in [0, 0.1) is 27.6 Å². The van der Waals surface area contributed by atoms with E-state index in [1.54, 1.807) is 25.6 Å². The fourth-order valence-electron chi connectivity index (χ4n) is 11.0. The summed E-state index contributed by atoms with van der Waals surface area (Å²) < 4.78 is 8.64. The maximum atomic E-state index is 6.57. The summed E-state index contributed by atoms with van der Waals surface area (Å²) in [5, 5.41) is 0.810. The minimum atomic E-state index is -3.84. The Kier molecular flexibility index (Phi) is 8.70. The van der Waals surface area contributed by atoms with Crippen molar-refractivity contribution in [3.8, 4) is 0 Å². The van der Waals surface area contributed by atoms with E-state index < -0.39 is 19.8 Å². The van der Waals surface area contributed by atoms with Gasteiger partial charge in [-0.2, -0.15) is 0 Å². The standard InChI is InChI=1S/C29H37.C6H4Cl.C5H5.CH2.2ClH.Zr/c1-18-25-22-17-19-13-9-10-14-20(19)24(22)21-15-11-12-16-23(21)29(25,8)28(6,7)27(4,5)26(18,2)3;7-6-4-2-1-3-5-6;1-2-4-5-3-1;;;;/h9-11,13-15,23H,12,16-17H2,1-8H3;2-5H;1-3H,4H2;1H2;2*1H;. The molecule has 0 saturated heterocycles. The number of halogens is 3. The van der Waals surface area contributed by atoms with Gasteiger partial charge in [-0.3, -0.25) is 0 Å². The molecule has 2 aromatic carbocycles. The summed E-state index contributed by atoms with van der Waals surface area (Å²) in [6.07, 6.45) is 16.5. The molecule has 0 amide bonds. The van der Waals surface area contributed by atoms with Crippen LogP contribution in [-0.2, 0) is 26.2 Å². The molecular weight excluding hydrogens is 690 g/mol. The van der Waals surface area contributed by atoms with Gasteiger partial charge in [-0.15, -0.1) is 24.8 Å². The Morgan fingerprint density at radius 2 is 1.49 bits per heavy atom. The van der Waals surface area contributed by atoms with Crippen LogP contribution >= 0.6 is 36.4 Å². The monoisotopic (exact) mass is 737 g/mol. The van der Waals surface area contributed by atoms with Crippen LogP contribution in [0.5, 0.6) is 0 Å². The second-order valence-corrected chi connectivity index (χ2v) is 26.3. The molecule has 45 heavy (non-hydrogen) atoms. The van der Waals surface area contributed by atoms with Crippen LogP contribution in [0.3, 0.4) is 0 Å². The van der Waals surface area contributed by atoms with Crippen molar-refractivity contribution in [1.29, 1.82) is 0 Å². The van der Waals surface area contributed by atoms with Gasteiger partial charge in [0.15, 0.2) is 0 Å². The number of hydrogen-bond acceptors (Lipinski definition) is 0. The first kappa shape index (κ1) is 35.1. The fraction of sp³-hybridized carbons (Fsp3) is 0.439. The summed E-state index contributed by atoms with van der Waals surface area (Å²) in [5.74, 6) is 0.485. The van der Waals surface area contributed by atoms with E-state index in [4.69, 9.17) is 15.8 Å². The van der Waals surface area contributed by atoms with E-state index in [1.807, 2.05) is 0 Å². The third-order valence-electron chi connectivity index (χ3n) is 14.7. The van der Waals surface area contributed by atoms with Gasteiger partial charge in [-0.25, -0.2) is 0 Å². The SMILES string of the molecule is Cl.Cl.[CH2]=[Zr]([C]1=CC=CC1)([c]1ccc(Cl)cc1)[C]1(C)C2=C3Cc4ccccc4C3=C3C=CCCC3C2(C)C(C)(C)C(C)(C)C1(C)C. The Bertz CT molecular complexity index is 1760. The summed E-state index contributed by atoms with van der Waals surface area (Å²) in [5.41, 5.74) is 9.54. The van der Waals surface area contributed by atoms with Crippen molar-refractivity contribution in [2.45, 2.75) is 84.2 Å². The average molecular weight is 740 g/mol. The zero-order chi connectivity index (χ0) is 30.8. The molecule has 4 atom stereocenters. The van der Waals surface area contributed by atoms with E-state index in [-0.39, 0.29) is 49.6 Å². The predicted octanol–water partition coefficient (Wildman–Crippen LogP) is 11.8. The van der Waals surface area contributed by atoms with Crippen LogP contribution < -0.4 is 3.27 Å². The van der Waals surface area contributed by atoms with Gasteiger partial charge in [0, 0.05) is 0 Å². The molecule has 0 bridgehead atoms. The van der Waals surface area contributed by atoms with Crippen molar-refractivity contribution in [3.63, 3.8) is 0 Å². The van der Waals surface area contributed by atoms with E-state index >= 15 is 0 Å². The quantitative estimate of drug-likeness (QED) is 0.294. The molecular formula is C41H50Cl3Zr. The van der Waals surface area contributed by atoms with Gasteiger partial charge in [0.1, 0.15) is 0 Å². The van der Waals surface area contributed by atoms with Crippen LogP contribution in [0.15, 0.2) is 98.9 Å². The van der Waals surface area contributed by atoms with E-state index in [0.717, 1.165) is 24.3 Å². The van der Waals surface area contributed by atoms with Crippen LogP contribution in [-0.4, -0.2) is 4.21 Å². The zero-order valence-electron chi connectivity index (χ0n) is 28.3. The van der Waals surface area contributed by atoms with Gasteiger partial charge in [0.05, 0.1) is 0 Å². The van der Waals surface area contributed by atoms with Gasteiger partial charge in [-0.05, 0) is 0 Å². The summed E-state index contributed by atoms with van der Waals surface area (Å²) in [6, 6.07) is 18.3. The van der Waals surface area contributed by atoms with E-state index in [0.29, 0.717) is 5.92 Å². The Morgan fingerprint density at radius 1 is 0.822 bits per heavy atom. The second kappa shape index (κ2) is 11.2. The predicted molar refractivity (Wildman–Crippen MR) is 198 cm³/mol. The molecule has 0 heterocycles. The molecule has 4 heteroatoms. The van der Waals surface area contributed by atoms with Gasteiger partial charge in [0.25, 0.3) is 0 Å². The molecule has 1 fully saturated rings. The van der Waals surface area contributed by atoms with Gasteiger partial charge < -0.3 is 0 Å². The minimum absolute atomic E-state index is 0. The van der Waals surface area contributed by atoms with Crippen molar-refractivity contribution in [1.82, 2.24) is 0 Å². The summed E-state index contributed by atoms with van der Waals surface area (Å²) >= 11 is 2.73. The van der Waals surface area contributed by atoms with Gasteiger partial charge in [-0.1, -0.05) is 0 Å². The molecule has 5 aliphatic rings. The fourth-order valence-corrected chi connectivity index (χ4v) is 24.3. The van der Waals surface area contributed by atoms with Crippen LogP contribution in [0.1, 0.15) is 85.8 Å². The van der Waals surface area contributed by atoms with Gasteiger partial charge >= 0.3 is 271 Å². The number of benzene rings is 2. The zero-order valence-corrected chi connectivity index (χ0v) is 33.2. The summed E-state index contributed by atoms with van der Waals surface area (Å²) in [7, 11) is 0. The Labute approximate surface area is 293 Å². The Morgan fingerprint density at radius 3 is 2.13 bits per heavy atom. The second-order valence-electron chi connectivity index (χ2n) is 16.0. The van der Waals surface area contributed by atoms with Crippen molar-refractivity contribution in [3.05, 3.63) is 115 Å². The Balaban J connectivity index is 0.00000200. The van der Waals surface area contributed by atoms with Crippen molar-refractivity contribution in [2.24, 2.45) is 27.6 Å². The molecule has 0 radical (unpaired) electrons.